The second kappa shape index (κ2) is 10.4. The van der Waals surface area contributed by atoms with Gasteiger partial charge in [-0.1, -0.05) is 60.8 Å². The van der Waals surface area contributed by atoms with E-state index in [1.165, 1.54) is 0 Å². The molecule has 0 unspecified atom stereocenters. The fraction of sp³-hybridized carbons (Fsp3) is 0.435. The third-order valence-electron chi connectivity index (χ3n) is 5.20. The first kappa shape index (κ1) is 22.1. The second-order valence-corrected chi connectivity index (χ2v) is 8.06. The van der Waals surface area contributed by atoms with E-state index in [9.17, 15) is 4.79 Å². The Hall–Kier alpha value is -1.59. The largest absolute Gasteiger partial charge is 0.380 e. The summed E-state index contributed by atoms with van der Waals surface area (Å²) in [6.07, 6.45) is 1.52. The average molecular weight is 436 g/mol. The predicted octanol–water partition coefficient (Wildman–Crippen LogP) is 5.84. The number of morpholine rings is 1. The normalized spacial score (nSPS) is 20.7. The van der Waals surface area contributed by atoms with Crippen molar-refractivity contribution in [3.63, 3.8) is 0 Å². The fourth-order valence-corrected chi connectivity index (χ4v) is 4.13. The van der Waals surface area contributed by atoms with Crippen LogP contribution < -0.4 is 0 Å². The molecule has 4 nitrogen and oxygen atoms in total. The van der Waals surface area contributed by atoms with E-state index in [4.69, 9.17) is 32.7 Å². The zero-order chi connectivity index (χ0) is 20.8. The van der Waals surface area contributed by atoms with Crippen LogP contribution in [0.3, 0.4) is 0 Å². The lowest BCUT2D eigenvalue weighted by molar-refractivity contribution is -0.166. The smallest absolute Gasteiger partial charge is 0.249 e. The molecular weight excluding hydrogens is 409 g/mol. The van der Waals surface area contributed by atoms with Crippen molar-refractivity contribution in [2.75, 3.05) is 19.8 Å². The summed E-state index contributed by atoms with van der Waals surface area (Å²) in [5, 5.41) is 1.33. The molecule has 1 amide bonds. The summed E-state index contributed by atoms with van der Waals surface area (Å²) in [5.41, 5.74) is 1.97. The van der Waals surface area contributed by atoms with Gasteiger partial charge in [-0.15, -0.1) is 0 Å². The third-order valence-corrected chi connectivity index (χ3v) is 5.70. The van der Waals surface area contributed by atoms with Gasteiger partial charge in [0.15, 0.2) is 0 Å². The Bertz CT molecular complexity index is 795. The molecule has 1 aliphatic heterocycles. The number of nitrogens with zero attached hydrogens (tertiary/aromatic N) is 1. The van der Waals surface area contributed by atoms with Gasteiger partial charge in [0.1, 0.15) is 12.7 Å². The molecule has 0 radical (unpaired) electrons. The monoisotopic (exact) mass is 435 g/mol. The van der Waals surface area contributed by atoms with Crippen molar-refractivity contribution >= 4 is 29.1 Å². The van der Waals surface area contributed by atoms with Crippen LogP contribution in [-0.4, -0.2) is 36.7 Å². The van der Waals surface area contributed by atoms with Crippen molar-refractivity contribution in [3.05, 3.63) is 69.7 Å². The number of carbonyl (C=O) groups excluding carboxylic acids is 1. The van der Waals surface area contributed by atoms with Crippen molar-refractivity contribution in [1.29, 1.82) is 0 Å². The number of halogens is 2. The highest BCUT2D eigenvalue weighted by Crippen LogP contribution is 2.42. The van der Waals surface area contributed by atoms with Crippen molar-refractivity contribution in [1.82, 2.24) is 4.90 Å². The number of benzene rings is 2. The molecule has 3 atom stereocenters. The highest BCUT2D eigenvalue weighted by Gasteiger charge is 2.41. The summed E-state index contributed by atoms with van der Waals surface area (Å²) in [5.74, 6) is -0.0201. The zero-order valence-corrected chi connectivity index (χ0v) is 18.3. The van der Waals surface area contributed by atoms with E-state index in [1.807, 2.05) is 60.4 Å². The van der Waals surface area contributed by atoms with Crippen LogP contribution in [0.25, 0.3) is 0 Å². The maximum absolute atomic E-state index is 13.1. The van der Waals surface area contributed by atoms with Crippen LogP contribution in [0.15, 0.2) is 48.5 Å². The molecule has 2 aromatic rings. The maximum atomic E-state index is 13.1. The molecule has 2 aromatic carbocycles. The van der Waals surface area contributed by atoms with Gasteiger partial charge in [0.25, 0.3) is 0 Å². The van der Waals surface area contributed by atoms with Crippen LogP contribution in [0.2, 0.25) is 10.0 Å². The van der Waals surface area contributed by atoms with E-state index in [2.05, 4.69) is 6.92 Å². The maximum Gasteiger partial charge on any atom is 0.249 e. The lowest BCUT2D eigenvalue weighted by Gasteiger charge is -2.45. The molecule has 0 spiro atoms. The van der Waals surface area contributed by atoms with E-state index in [1.54, 1.807) is 0 Å². The predicted molar refractivity (Wildman–Crippen MR) is 116 cm³/mol. The van der Waals surface area contributed by atoms with Gasteiger partial charge in [-0.25, -0.2) is 0 Å². The molecule has 0 bridgehead atoms. The number of hydrogen-bond acceptors (Lipinski definition) is 3. The number of rotatable bonds is 8. The van der Waals surface area contributed by atoms with Gasteiger partial charge >= 0.3 is 0 Å². The van der Waals surface area contributed by atoms with Gasteiger partial charge in [-0.3, -0.25) is 4.79 Å². The van der Waals surface area contributed by atoms with E-state index < -0.39 is 0 Å². The van der Waals surface area contributed by atoms with E-state index in [-0.39, 0.29) is 30.7 Å². The quantitative estimate of drug-likeness (QED) is 0.522. The van der Waals surface area contributed by atoms with Crippen LogP contribution in [0, 0.1) is 0 Å². The Labute approximate surface area is 182 Å². The van der Waals surface area contributed by atoms with Crippen LogP contribution in [0.1, 0.15) is 50.0 Å². The molecule has 1 aliphatic rings. The molecule has 1 heterocycles. The first-order valence-electron chi connectivity index (χ1n) is 10.1. The standard InChI is InChI=1S/C23H27Cl2NO3/c1-3-5-20(14-28-4-2)26-21(27)15-29-23(17-8-12-19(25)13-9-17)22(26)16-6-10-18(24)11-7-16/h6-13,20,22-23H,3-5,14-15H2,1-2H3/t20-,22-,23+/m1/s1. The minimum Gasteiger partial charge on any atom is -0.380 e. The molecule has 0 aromatic heterocycles. The molecule has 0 saturated carbocycles. The number of ether oxygens (including phenoxy) is 2. The number of amides is 1. The molecule has 1 saturated heterocycles. The lowest BCUT2D eigenvalue weighted by atomic mass is 9.91. The van der Waals surface area contributed by atoms with Gasteiger partial charge in [0, 0.05) is 16.7 Å². The SMILES string of the molecule is CCC[C@H](COCC)N1C(=O)CO[C@@H](c2ccc(Cl)cc2)[C@H]1c1ccc(Cl)cc1. The third kappa shape index (κ3) is 5.32. The summed E-state index contributed by atoms with van der Waals surface area (Å²) in [6, 6.07) is 15.0. The topological polar surface area (TPSA) is 38.8 Å². The second-order valence-electron chi connectivity index (χ2n) is 7.18. The molecule has 156 valence electrons. The van der Waals surface area contributed by atoms with Crippen LogP contribution in [-0.2, 0) is 14.3 Å². The fourth-order valence-electron chi connectivity index (χ4n) is 3.87. The molecule has 0 aliphatic carbocycles. The first-order chi connectivity index (χ1) is 14.0. The van der Waals surface area contributed by atoms with Gasteiger partial charge in [-0.05, 0) is 48.7 Å². The summed E-state index contributed by atoms with van der Waals surface area (Å²) in [7, 11) is 0. The Morgan fingerprint density at radius 1 is 1.03 bits per heavy atom. The Kier molecular flexibility index (Phi) is 7.96. The molecule has 6 heteroatoms. The van der Waals surface area contributed by atoms with Gasteiger partial charge in [0.05, 0.1) is 18.7 Å². The highest BCUT2D eigenvalue weighted by atomic mass is 35.5. The van der Waals surface area contributed by atoms with Gasteiger partial charge < -0.3 is 14.4 Å². The van der Waals surface area contributed by atoms with E-state index in [0.29, 0.717) is 23.3 Å². The van der Waals surface area contributed by atoms with Crippen LogP contribution in [0.4, 0.5) is 0 Å². The van der Waals surface area contributed by atoms with E-state index >= 15 is 0 Å². The van der Waals surface area contributed by atoms with E-state index in [0.717, 1.165) is 24.0 Å². The highest BCUT2D eigenvalue weighted by molar-refractivity contribution is 6.30. The zero-order valence-electron chi connectivity index (χ0n) is 16.8. The lowest BCUT2D eigenvalue weighted by Crippen LogP contribution is -2.52. The minimum absolute atomic E-state index is 0.0201. The molecular formula is C23H27Cl2NO3. The Balaban J connectivity index is 2.05. The molecule has 1 fully saturated rings. The van der Waals surface area contributed by atoms with Crippen molar-refractivity contribution in [2.45, 2.75) is 44.9 Å². The van der Waals surface area contributed by atoms with Crippen molar-refractivity contribution < 1.29 is 14.3 Å². The summed E-state index contributed by atoms with van der Waals surface area (Å²) in [6.45, 7) is 5.26. The average Bonchev–Trinajstić information content (AvgIpc) is 2.72. The first-order valence-corrected chi connectivity index (χ1v) is 10.8. The van der Waals surface area contributed by atoms with Gasteiger partial charge in [-0.2, -0.15) is 0 Å². The molecule has 3 rings (SSSR count). The number of carbonyl (C=O) groups is 1. The summed E-state index contributed by atoms with van der Waals surface area (Å²) < 4.78 is 11.8. The Morgan fingerprint density at radius 3 is 2.17 bits per heavy atom. The minimum atomic E-state index is -0.299. The summed E-state index contributed by atoms with van der Waals surface area (Å²) in [4.78, 5) is 15.0. The number of hydrogen-bond donors (Lipinski definition) is 0. The molecule has 29 heavy (non-hydrogen) atoms. The van der Waals surface area contributed by atoms with Crippen molar-refractivity contribution in [2.24, 2.45) is 0 Å². The van der Waals surface area contributed by atoms with Gasteiger partial charge in [0.2, 0.25) is 5.91 Å². The molecule has 0 N–H and O–H groups in total. The van der Waals surface area contributed by atoms with Crippen molar-refractivity contribution in [3.8, 4) is 0 Å². The summed E-state index contributed by atoms with van der Waals surface area (Å²) >= 11 is 12.2. The van der Waals surface area contributed by atoms with Crippen LogP contribution in [0.5, 0.6) is 0 Å². The van der Waals surface area contributed by atoms with Crippen LogP contribution >= 0.6 is 23.2 Å². The Morgan fingerprint density at radius 2 is 1.62 bits per heavy atom.